The molecular weight excluding hydrogens is 378 g/mol. The van der Waals surface area contributed by atoms with Gasteiger partial charge in [0, 0.05) is 31.9 Å². The van der Waals surface area contributed by atoms with Gasteiger partial charge < -0.3 is 19.3 Å². The number of piperidine rings is 1. The van der Waals surface area contributed by atoms with E-state index in [0.29, 0.717) is 13.3 Å². The van der Waals surface area contributed by atoms with Crippen LogP contribution in [0.1, 0.15) is 19.8 Å². The van der Waals surface area contributed by atoms with Crippen LogP contribution < -0.4 is 14.4 Å². The minimum Gasteiger partial charge on any atom is -0.486 e. The molecule has 6 heteroatoms. The molecule has 0 saturated carbocycles. The Balaban J connectivity index is 1.27. The summed E-state index contributed by atoms with van der Waals surface area (Å²) in [4.78, 5) is 20.1. The van der Waals surface area contributed by atoms with Crippen molar-refractivity contribution in [2.75, 3.05) is 44.4 Å². The highest BCUT2D eigenvalue weighted by Crippen LogP contribution is 2.39. The summed E-state index contributed by atoms with van der Waals surface area (Å²) in [6.07, 6.45) is 1.69. The second-order valence-electron chi connectivity index (χ2n) is 8.40. The van der Waals surface area contributed by atoms with Gasteiger partial charge >= 0.3 is 0 Å². The number of ether oxygens (including phenoxy) is 2. The van der Waals surface area contributed by atoms with Crippen molar-refractivity contribution < 1.29 is 14.3 Å². The fraction of sp³-hybridized carbons (Fsp3) is 0.458. The zero-order valence-electron chi connectivity index (χ0n) is 17.5. The number of benzene rings is 2. The van der Waals surface area contributed by atoms with Crippen LogP contribution in [0.25, 0.3) is 0 Å². The summed E-state index contributed by atoms with van der Waals surface area (Å²) < 4.78 is 12.0. The first-order valence-corrected chi connectivity index (χ1v) is 10.9. The number of hydrogen-bond donors (Lipinski definition) is 0. The number of likely N-dealkylation sites (tertiary alicyclic amines) is 1. The second-order valence-corrected chi connectivity index (χ2v) is 8.40. The van der Waals surface area contributed by atoms with Crippen molar-refractivity contribution in [3.63, 3.8) is 0 Å². The molecule has 0 radical (unpaired) electrons. The lowest BCUT2D eigenvalue weighted by Gasteiger charge is -2.44. The fourth-order valence-corrected chi connectivity index (χ4v) is 4.99. The van der Waals surface area contributed by atoms with Gasteiger partial charge in [0.25, 0.3) is 0 Å². The summed E-state index contributed by atoms with van der Waals surface area (Å²) in [6, 6.07) is 18.2. The highest BCUT2D eigenvalue weighted by Gasteiger charge is 2.53. The maximum Gasteiger partial charge on any atom is 0.250 e. The SMILES string of the molecule is CCN1CN(c2ccccc2)C2(CCN(C[C@@H]3COc4ccccc4O3)CC2)C1=O. The molecule has 0 N–H and O–H groups in total. The Morgan fingerprint density at radius 1 is 1.00 bits per heavy atom. The molecule has 2 saturated heterocycles. The summed E-state index contributed by atoms with van der Waals surface area (Å²) in [5, 5.41) is 0. The summed E-state index contributed by atoms with van der Waals surface area (Å²) in [7, 11) is 0. The van der Waals surface area contributed by atoms with Gasteiger partial charge in [-0.1, -0.05) is 30.3 Å². The molecule has 3 aliphatic heterocycles. The predicted octanol–water partition coefficient (Wildman–Crippen LogP) is 2.99. The third-order valence-electron chi connectivity index (χ3n) is 6.68. The first kappa shape index (κ1) is 19.2. The van der Waals surface area contributed by atoms with E-state index in [4.69, 9.17) is 9.47 Å². The molecule has 1 spiro atoms. The van der Waals surface area contributed by atoms with Gasteiger partial charge in [-0.2, -0.15) is 0 Å². The maximum atomic E-state index is 13.4. The first-order chi connectivity index (χ1) is 14.7. The topological polar surface area (TPSA) is 45.2 Å². The average molecular weight is 408 g/mol. The van der Waals surface area contributed by atoms with Gasteiger partial charge in [-0.3, -0.25) is 9.69 Å². The number of nitrogens with zero attached hydrogens (tertiary/aromatic N) is 3. The lowest BCUT2D eigenvalue weighted by atomic mass is 9.85. The van der Waals surface area contributed by atoms with Crippen molar-refractivity contribution >= 4 is 11.6 Å². The van der Waals surface area contributed by atoms with Crippen LogP contribution in [0.15, 0.2) is 54.6 Å². The Hall–Kier alpha value is -2.73. The number of amides is 1. The Morgan fingerprint density at radius 3 is 2.43 bits per heavy atom. The van der Waals surface area contributed by atoms with Crippen LogP contribution in [0.5, 0.6) is 11.5 Å². The molecular formula is C24H29N3O3. The molecule has 0 aliphatic carbocycles. The van der Waals surface area contributed by atoms with Gasteiger partial charge in [0.05, 0.1) is 6.67 Å². The van der Waals surface area contributed by atoms with E-state index in [9.17, 15) is 4.79 Å². The minimum atomic E-state index is -0.426. The second kappa shape index (κ2) is 7.84. The number of hydrogen-bond acceptors (Lipinski definition) is 5. The maximum absolute atomic E-state index is 13.4. The van der Waals surface area contributed by atoms with Crippen LogP contribution >= 0.6 is 0 Å². The van der Waals surface area contributed by atoms with Crippen LogP contribution in [-0.2, 0) is 4.79 Å². The lowest BCUT2D eigenvalue weighted by Crippen LogP contribution is -2.57. The Kier molecular flexibility index (Phi) is 5.03. The summed E-state index contributed by atoms with van der Waals surface area (Å²) in [5.74, 6) is 1.92. The van der Waals surface area contributed by atoms with E-state index in [1.807, 2.05) is 35.2 Å². The quantitative estimate of drug-likeness (QED) is 0.780. The molecule has 2 aromatic carbocycles. The molecule has 158 valence electrons. The largest absolute Gasteiger partial charge is 0.486 e. The number of likely N-dealkylation sites (N-methyl/N-ethyl adjacent to an activating group) is 1. The highest BCUT2D eigenvalue weighted by atomic mass is 16.6. The van der Waals surface area contributed by atoms with Gasteiger partial charge in [0.2, 0.25) is 5.91 Å². The Labute approximate surface area is 178 Å². The van der Waals surface area contributed by atoms with Gasteiger partial charge in [-0.25, -0.2) is 0 Å². The van der Waals surface area contributed by atoms with Crippen LogP contribution in [-0.4, -0.2) is 66.8 Å². The van der Waals surface area contributed by atoms with Crippen molar-refractivity contribution in [2.24, 2.45) is 0 Å². The van der Waals surface area contributed by atoms with E-state index < -0.39 is 5.54 Å². The molecule has 30 heavy (non-hydrogen) atoms. The van der Waals surface area contributed by atoms with Crippen LogP contribution in [0.4, 0.5) is 5.69 Å². The first-order valence-electron chi connectivity index (χ1n) is 10.9. The van der Waals surface area contributed by atoms with E-state index in [1.54, 1.807) is 0 Å². The van der Waals surface area contributed by atoms with Crippen molar-refractivity contribution in [3.05, 3.63) is 54.6 Å². The zero-order chi connectivity index (χ0) is 20.6. The normalized spacial score (nSPS) is 23.2. The molecule has 3 heterocycles. The van der Waals surface area contributed by atoms with Gasteiger partial charge in [0.15, 0.2) is 11.5 Å². The number of rotatable bonds is 4. The van der Waals surface area contributed by atoms with Crippen LogP contribution in [0.3, 0.4) is 0 Å². The summed E-state index contributed by atoms with van der Waals surface area (Å²) in [5.41, 5.74) is 0.709. The van der Waals surface area contributed by atoms with E-state index >= 15 is 0 Å². The molecule has 0 aromatic heterocycles. The lowest BCUT2D eigenvalue weighted by molar-refractivity contribution is -0.133. The molecule has 0 bridgehead atoms. The van der Waals surface area contributed by atoms with E-state index in [0.717, 1.165) is 56.2 Å². The van der Waals surface area contributed by atoms with E-state index in [2.05, 4.69) is 41.0 Å². The molecule has 1 amide bonds. The standard InChI is InChI=1S/C24H29N3O3/c1-2-26-18-27(19-8-4-3-5-9-19)24(23(26)28)12-14-25(15-13-24)16-20-17-29-21-10-6-7-11-22(21)30-20/h3-11,20H,2,12-18H2,1H3/t20-/m1/s1. The predicted molar refractivity (Wildman–Crippen MR) is 116 cm³/mol. The number of carbonyl (C=O) groups excluding carboxylic acids is 1. The molecule has 6 nitrogen and oxygen atoms in total. The monoisotopic (exact) mass is 407 g/mol. The average Bonchev–Trinajstić information content (AvgIpc) is 3.07. The zero-order valence-corrected chi connectivity index (χ0v) is 17.5. The van der Waals surface area contributed by atoms with Crippen molar-refractivity contribution in [1.29, 1.82) is 0 Å². The molecule has 2 fully saturated rings. The van der Waals surface area contributed by atoms with Gasteiger partial charge in [-0.15, -0.1) is 0 Å². The number of fused-ring (bicyclic) bond motifs is 1. The molecule has 3 aliphatic rings. The molecule has 5 rings (SSSR count). The fourth-order valence-electron chi connectivity index (χ4n) is 4.99. The van der Waals surface area contributed by atoms with Gasteiger partial charge in [-0.05, 0) is 44.0 Å². The Bertz CT molecular complexity index is 896. The van der Waals surface area contributed by atoms with Crippen molar-refractivity contribution in [3.8, 4) is 11.5 Å². The highest BCUT2D eigenvalue weighted by molar-refractivity contribution is 5.93. The number of para-hydroxylation sites is 3. The minimum absolute atomic E-state index is 0.0191. The van der Waals surface area contributed by atoms with Crippen LogP contribution in [0.2, 0.25) is 0 Å². The molecule has 0 unspecified atom stereocenters. The molecule has 1 atom stereocenters. The van der Waals surface area contributed by atoms with E-state index in [1.165, 1.54) is 0 Å². The third-order valence-corrected chi connectivity index (χ3v) is 6.68. The Morgan fingerprint density at radius 2 is 1.70 bits per heavy atom. The smallest absolute Gasteiger partial charge is 0.250 e. The number of anilines is 1. The molecule has 2 aromatic rings. The summed E-state index contributed by atoms with van der Waals surface area (Å²) in [6.45, 7) is 6.64. The third kappa shape index (κ3) is 3.29. The van der Waals surface area contributed by atoms with Crippen molar-refractivity contribution in [2.45, 2.75) is 31.4 Å². The summed E-state index contributed by atoms with van der Waals surface area (Å²) >= 11 is 0. The van der Waals surface area contributed by atoms with E-state index in [-0.39, 0.29) is 12.0 Å². The van der Waals surface area contributed by atoms with Crippen molar-refractivity contribution in [1.82, 2.24) is 9.80 Å². The number of carbonyl (C=O) groups is 1. The van der Waals surface area contributed by atoms with Gasteiger partial charge in [0.1, 0.15) is 18.2 Å². The van der Waals surface area contributed by atoms with Crippen LogP contribution in [0, 0.1) is 0 Å².